The normalized spacial score (nSPS) is 23.2. The zero-order valence-corrected chi connectivity index (χ0v) is 13.1. The van der Waals surface area contributed by atoms with Gasteiger partial charge in [-0.05, 0) is 24.3 Å². The van der Waals surface area contributed by atoms with Gasteiger partial charge in [-0.1, -0.05) is 44.2 Å². The zero-order chi connectivity index (χ0) is 14.9. The van der Waals surface area contributed by atoms with Gasteiger partial charge >= 0.3 is 0 Å². The fourth-order valence-corrected chi connectivity index (χ4v) is 3.44. The molecule has 1 heterocycles. The SMILES string of the molecule is CCn1ncnc1CNCC1(c2ccccc2)CC1(C)C. The van der Waals surface area contributed by atoms with Crippen LogP contribution in [-0.4, -0.2) is 21.3 Å². The van der Waals surface area contributed by atoms with Crippen molar-refractivity contribution in [3.63, 3.8) is 0 Å². The maximum absolute atomic E-state index is 4.33. The van der Waals surface area contributed by atoms with Crippen molar-refractivity contribution < 1.29 is 0 Å². The highest BCUT2D eigenvalue weighted by molar-refractivity contribution is 5.37. The van der Waals surface area contributed by atoms with Gasteiger partial charge in [-0.3, -0.25) is 0 Å². The maximum atomic E-state index is 4.33. The molecule has 0 saturated heterocycles. The minimum absolute atomic E-state index is 0.255. The van der Waals surface area contributed by atoms with E-state index in [4.69, 9.17) is 0 Å². The van der Waals surface area contributed by atoms with E-state index in [9.17, 15) is 0 Å². The standard InChI is InChI=1S/C17H24N4/c1-4-21-15(19-13-20-21)10-18-12-17(11-16(17,2)3)14-8-6-5-7-9-14/h5-9,13,18H,4,10-12H2,1-3H3. The Morgan fingerprint density at radius 3 is 2.57 bits per heavy atom. The van der Waals surface area contributed by atoms with Crippen molar-refractivity contribution in [2.24, 2.45) is 5.41 Å². The fourth-order valence-electron chi connectivity index (χ4n) is 3.44. The molecule has 4 heteroatoms. The minimum Gasteiger partial charge on any atom is -0.309 e. The molecule has 1 fully saturated rings. The predicted molar refractivity (Wildman–Crippen MR) is 83.9 cm³/mol. The number of hydrogen-bond donors (Lipinski definition) is 1. The first kappa shape index (κ1) is 14.3. The number of benzene rings is 1. The molecule has 1 aliphatic rings. The smallest absolute Gasteiger partial charge is 0.140 e. The third-order valence-corrected chi connectivity index (χ3v) is 4.95. The topological polar surface area (TPSA) is 42.7 Å². The van der Waals surface area contributed by atoms with Gasteiger partial charge in [0.1, 0.15) is 12.2 Å². The average molecular weight is 284 g/mol. The highest BCUT2D eigenvalue weighted by atomic mass is 15.3. The van der Waals surface area contributed by atoms with Gasteiger partial charge in [-0.15, -0.1) is 0 Å². The summed E-state index contributed by atoms with van der Waals surface area (Å²) in [6.07, 6.45) is 2.87. The van der Waals surface area contributed by atoms with Crippen molar-refractivity contribution in [3.05, 3.63) is 48.0 Å². The summed E-state index contributed by atoms with van der Waals surface area (Å²) in [6.45, 7) is 9.44. The van der Waals surface area contributed by atoms with Crippen molar-refractivity contribution in [1.29, 1.82) is 0 Å². The molecule has 1 aromatic carbocycles. The number of aromatic nitrogens is 3. The van der Waals surface area contributed by atoms with Crippen molar-refractivity contribution >= 4 is 0 Å². The molecular weight excluding hydrogens is 260 g/mol. The Kier molecular flexibility index (Phi) is 3.57. The van der Waals surface area contributed by atoms with Crippen LogP contribution in [-0.2, 0) is 18.5 Å². The van der Waals surface area contributed by atoms with E-state index in [2.05, 4.69) is 66.5 Å². The third-order valence-electron chi connectivity index (χ3n) is 4.95. The van der Waals surface area contributed by atoms with Crippen LogP contribution < -0.4 is 5.32 Å². The molecule has 0 aliphatic heterocycles. The van der Waals surface area contributed by atoms with Crippen LogP contribution in [0.4, 0.5) is 0 Å². The van der Waals surface area contributed by atoms with Crippen LogP contribution in [0.3, 0.4) is 0 Å². The largest absolute Gasteiger partial charge is 0.309 e. The van der Waals surface area contributed by atoms with Crippen molar-refractivity contribution in [2.75, 3.05) is 6.54 Å². The maximum Gasteiger partial charge on any atom is 0.140 e. The highest BCUT2D eigenvalue weighted by Crippen LogP contribution is 2.63. The van der Waals surface area contributed by atoms with Crippen LogP contribution in [0.1, 0.15) is 38.6 Å². The first-order valence-corrected chi connectivity index (χ1v) is 7.72. The van der Waals surface area contributed by atoms with Gasteiger partial charge < -0.3 is 5.32 Å². The van der Waals surface area contributed by atoms with E-state index in [1.807, 2.05) is 4.68 Å². The molecule has 2 aromatic rings. The molecule has 1 aliphatic carbocycles. The summed E-state index contributed by atoms with van der Waals surface area (Å²) in [5.41, 5.74) is 2.06. The summed E-state index contributed by atoms with van der Waals surface area (Å²) >= 11 is 0. The number of hydrogen-bond acceptors (Lipinski definition) is 3. The van der Waals surface area contributed by atoms with Crippen LogP contribution in [0.15, 0.2) is 36.7 Å². The Morgan fingerprint density at radius 2 is 1.95 bits per heavy atom. The van der Waals surface area contributed by atoms with Crippen LogP contribution in [0, 0.1) is 5.41 Å². The first-order valence-electron chi connectivity index (χ1n) is 7.72. The van der Waals surface area contributed by atoms with Crippen LogP contribution in [0.2, 0.25) is 0 Å². The van der Waals surface area contributed by atoms with Gasteiger partial charge in [0.15, 0.2) is 0 Å². The van der Waals surface area contributed by atoms with Gasteiger partial charge in [0.2, 0.25) is 0 Å². The average Bonchev–Trinajstić information content (AvgIpc) is 2.85. The zero-order valence-electron chi connectivity index (χ0n) is 13.1. The van der Waals surface area contributed by atoms with Gasteiger partial charge in [0.05, 0.1) is 6.54 Å². The van der Waals surface area contributed by atoms with E-state index in [0.29, 0.717) is 5.41 Å². The second kappa shape index (κ2) is 5.26. The highest BCUT2D eigenvalue weighted by Gasteiger charge is 2.61. The lowest BCUT2D eigenvalue weighted by Gasteiger charge is -2.22. The molecule has 1 unspecified atom stereocenters. The van der Waals surface area contributed by atoms with Crippen molar-refractivity contribution in [2.45, 2.75) is 45.7 Å². The molecule has 1 atom stereocenters. The number of rotatable bonds is 6. The van der Waals surface area contributed by atoms with Gasteiger partial charge in [0.25, 0.3) is 0 Å². The Morgan fingerprint density at radius 1 is 1.24 bits per heavy atom. The summed E-state index contributed by atoms with van der Waals surface area (Å²) in [6, 6.07) is 10.9. The Bertz CT molecular complexity index is 602. The van der Waals surface area contributed by atoms with E-state index < -0.39 is 0 Å². The van der Waals surface area contributed by atoms with E-state index in [-0.39, 0.29) is 5.41 Å². The second-order valence-corrected chi connectivity index (χ2v) is 6.60. The molecule has 3 rings (SSSR count). The van der Waals surface area contributed by atoms with Gasteiger partial charge in [-0.25, -0.2) is 9.67 Å². The monoisotopic (exact) mass is 284 g/mol. The number of nitrogens with zero attached hydrogens (tertiary/aromatic N) is 3. The van der Waals surface area contributed by atoms with E-state index in [1.165, 1.54) is 12.0 Å². The molecule has 1 aromatic heterocycles. The Hall–Kier alpha value is -1.68. The molecule has 112 valence electrons. The molecule has 4 nitrogen and oxygen atoms in total. The second-order valence-electron chi connectivity index (χ2n) is 6.60. The van der Waals surface area contributed by atoms with Crippen LogP contribution >= 0.6 is 0 Å². The third kappa shape index (κ3) is 2.48. The summed E-state index contributed by atoms with van der Waals surface area (Å²) in [5, 5.41) is 7.81. The lowest BCUT2D eigenvalue weighted by molar-refractivity contribution is 0.451. The molecule has 0 bridgehead atoms. The van der Waals surface area contributed by atoms with Crippen LogP contribution in [0.25, 0.3) is 0 Å². The number of nitrogens with one attached hydrogen (secondary N) is 1. The molecule has 0 radical (unpaired) electrons. The first-order chi connectivity index (χ1) is 10.1. The lowest BCUT2D eigenvalue weighted by atomic mass is 9.88. The molecule has 1 N–H and O–H groups in total. The minimum atomic E-state index is 0.255. The lowest BCUT2D eigenvalue weighted by Crippen LogP contribution is -2.31. The summed E-state index contributed by atoms with van der Waals surface area (Å²) in [5.74, 6) is 1.01. The number of aryl methyl sites for hydroxylation is 1. The molecule has 0 amide bonds. The van der Waals surface area contributed by atoms with Gasteiger partial charge in [-0.2, -0.15) is 5.10 Å². The summed E-state index contributed by atoms with van der Waals surface area (Å²) in [4.78, 5) is 4.33. The molecule has 1 saturated carbocycles. The summed E-state index contributed by atoms with van der Waals surface area (Å²) in [7, 11) is 0. The fraction of sp³-hybridized carbons (Fsp3) is 0.529. The summed E-state index contributed by atoms with van der Waals surface area (Å²) < 4.78 is 1.94. The van der Waals surface area contributed by atoms with E-state index >= 15 is 0 Å². The Balaban J connectivity index is 1.68. The molecule has 21 heavy (non-hydrogen) atoms. The quantitative estimate of drug-likeness (QED) is 0.887. The van der Waals surface area contributed by atoms with Crippen molar-refractivity contribution in [1.82, 2.24) is 20.1 Å². The van der Waals surface area contributed by atoms with Gasteiger partial charge in [0, 0.05) is 18.5 Å². The van der Waals surface area contributed by atoms with E-state index in [0.717, 1.165) is 25.5 Å². The Labute approximate surface area is 126 Å². The van der Waals surface area contributed by atoms with Crippen LogP contribution in [0.5, 0.6) is 0 Å². The van der Waals surface area contributed by atoms with E-state index in [1.54, 1.807) is 6.33 Å². The van der Waals surface area contributed by atoms with Crippen molar-refractivity contribution in [3.8, 4) is 0 Å². The molecule has 0 spiro atoms. The molecular formula is C17H24N4. The predicted octanol–water partition coefficient (Wildman–Crippen LogP) is 2.76.